The van der Waals surface area contributed by atoms with Crippen LogP contribution >= 0.6 is 12.2 Å². The molecule has 0 bridgehead atoms. The van der Waals surface area contributed by atoms with Gasteiger partial charge in [0.25, 0.3) is 0 Å². The second-order valence-corrected chi connectivity index (χ2v) is 11.0. The highest BCUT2D eigenvalue weighted by atomic mass is 32.1. The highest BCUT2D eigenvalue weighted by Gasteiger charge is 2.26. The van der Waals surface area contributed by atoms with Crippen LogP contribution in [0.25, 0.3) is 0 Å². The summed E-state index contributed by atoms with van der Waals surface area (Å²) >= 11 is 5.49. The minimum Gasteiger partial charge on any atom is -0.396 e. The molecule has 2 rings (SSSR count). The first kappa shape index (κ1) is 30.3. The van der Waals surface area contributed by atoms with E-state index in [2.05, 4.69) is 85.1 Å². The van der Waals surface area contributed by atoms with Crippen molar-refractivity contribution in [2.75, 3.05) is 26.3 Å². The van der Waals surface area contributed by atoms with Crippen LogP contribution in [-0.4, -0.2) is 41.6 Å². The summed E-state index contributed by atoms with van der Waals surface area (Å²) in [6, 6.07) is 21.4. The standard InChI is InChI=1S/C31H48N2O2S/c1-30(21-13-25-34,27-15-5-3-6-16-27)19-9-11-23-32-29(36)33-24-12-10-20-31(2,22-14-26-35)28-17-7-4-8-18-28/h3-8,15-18,34-35H,9-14,19-26H2,1-2H3,(H2,32,33,36). The van der Waals surface area contributed by atoms with E-state index < -0.39 is 0 Å². The molecule has 0 aliphatic heterocycles. The number of aliphatic hydroxyl groups is 2. The number of benzene rings is 2. The molecule has 2 atom stereocenters. The molecule has 0 aromatic heterocycles. The van der Waals surface area contributed by atoms with Crippen LogP contribution in [0.2, 0.25) is 0 Å². The maximum absolute atomic E-state index is 9.34. The molecule has 0 radical (unpaired) electrons. The first-order valence-electron chi connectivity index (χ1n) is 13.8. The van der Waals surface area contributed by atoms with Crippen LogP contribution in [0.1, 0.15) is 89.2 Å². The summed E-state index contributed by atoms with van der Waals surface area (Å²) in [5.41, 5.74) is 2.94. The van der Waals surface area contributed by atoms with Gasteiger partial charge in [-0.05, 0) is 85.5 Å². The molecule has 0 spiro atoms. The Morgan fingerprint density at radius 1 is 0.611 bits per heavy atom. The predicted molar refractivity (Wildman–Crippen MR) is 157 cm³/mol. The average Bonchev–Trinajstić information content (AvgIpc) is 2.91. The number of rotatable bonds is 18. The zero-order valence-electron chi connectivity index (χ0n) is 22.5. The lowest BCUT2D eigenvalue weighted by atomic mass is 9.75. The summed E-state index contributed by atoms with van der Waals surface area (Å²) in [7, 11) is 0. The van der Waals surface area contributed by atoms with Crippen molar-refractivity contribution in [3.8, 4) is 0 Å². The molecule has 0 heterocycles. The number of nitrogens with one attached hydrogen (secondary N) is 2. The van der Waals surface area contributed by atoms with Crippen LogP contribution in [0, 0.1) is 0 Å². The van der Waals surface area contributed by atoms with Crippen LogP contribution in [-0.2, 0) is 10.8 Å². The van der Waals surface area contributed by atoms with Crippen molar-refractivity contribution in [1.29, 1.82) is 0 Å². The van der Waals surface area contributed by atoms with E-state index in [0.29, 0.717) is 0 Å². The topological polar surface area (TPSA) is 64.5 Å². The van der Waals surface area contributed by atoms with Crippen LogP contribution in [0.3, 0.4) is 0 Å². The molecule has 0 aliphatic rings. The Kier molecular flexibility index (Phi) is 14.1. The van der Waals surface area contributed by atoms with Crippen LogP contribution < -0.4 is 10.6 Å². The minimum atomic E-state index is 0.105. The molecule has 2 aromatic rings. The maximum atomic E-state index is 9.34. The van der Waals surface area contributed by atoms with Gasteiger partial charge in [-0.2, -0.15) is 0 Å². The maximum Gasteiger partial charge on any atom is 0.166 e. The Bertz CT molecular complexity index is 779. The summed E-state index contributed by atoms with van der Waals surface area (Å²) < 4.78 is 0. The van der Waals surface area contributed by atoms with Crippen molar-refractivity contribution < 1.29 is 10.2 Å². The highest BCUT2D eigenvalue weighted by Crippen LogP contribution is 2.35. The van der Waals surface area contributed by atoms with Gasteiger partial charge in [-0.15, -0.1) is 0 Å². The Morgan fingerprint density at radius 2 is 0.972 bits per heavy atom. The molecule has 4 N–H and O–H groups in total. The van der Waals surface area contributed by atoms with Crippen molar-refractivity contribution in [2.24, 2.45) is 0 Å². The fourth-order valence-corrected chi connectivity index (χ4v) is 5.40. The Hall–Kier alpha value is -1.95. The Balaban J connectivity index is 1.64. The number of thiocarbonyl (C=S) groups is 1. The van der Waals surface area contributed by atoms with E-state index in [1.165, 1.54) is 11.1 Å². The fraction of sp³-hybridized carbons (Fsp3) is 0.581. The van der Waals surface area contributed by atoms with Crippen molar-refractivity contribution in [3.63, 3.8) is 0 Å². The normalized spacial score (nSPS) is 14.6. The van der Waals surface area contributed by atoms with Gasteiger partial charge < -0.3 is 20.8 Å². The zero-order chi connectivity index (χ0) is 26.1. The fourth-order valence-electron chi connectivity index (χ4n) is 5.19. The molecule has 0 fully saturated rings. The number of hydrogen-bond donors (Lipinski definition) is 4. The average molecular weight is 513 g/mol. The number of hydrogen-bond acceptors (Lipinski definition) is 3. The first-order valence-corrected chi connectivity index (χ1v) is 14.2. The third kappa shape index (κ3) is 10.6. The van der Waals surface area contributed by atoms with Crippen molar-refractivity contribution >= 4 is 17.3 Å². The van der Waals surface area contributed by atoms with Gasteiger partial charge in [0.15, 0.2) is 5.11 Å². The highest BCUT2D eigenvalue weighted by molar-refractivity contribution is 7.80. The minimum absolute atomic E-state index is 0.105. The van der Waals surface area contributed by atoms with Crippen molar-refractivity contribution in [1.82, 2.24) is 10.6 Å². The largest absolute Gasteiger partial charge is 0.396 e. The lowest BCUT2D eigenvalue weighted by Crippen LogP contribution is -2.36. The summed E-state index contributed by atoms with van der Waals surface area (Å²) in [6.45, 7) is 6.90. The third-order valence-electron chi connectivity index (χ3n) is 7.60. The lowest BCUT2D eigenvalue weighted by Gasteiger charge is -2.30. The van der Waals surface area contributed by atoms with Gasteiger partial charge in [0.2, 0.25) is 0 Å². The van der Waals surface area contributed by atoms with E-state index >= 15 is 0 Å². The van der Waals surface area contributed by atoms with Crippen LogP contribution in [0.15, 0.2) is 60.7 Å². The zero-order valence-corrected chi connectivity index (χ0v) is 23.3. The van der Waals surface area contributed by atoms with Gasteiger partial charge >= 0.3 is 0 Å². The second-order valence-electron chi connectivity index (χ2n) is 10.6. The first-order chi connectivity index (χ1) is 17.4. The molecular weight excluding hydrogens is 464 g/mol. The van der Waals surface area contributed by atoms with Gasteiger partial charge in [0, 0.05) is 26.3 Å². The summed E-state index contributed by atoms with van der Waals surface area (Å²) in [4.78, 5) is 0. The van der Waals surface area contributed by atoms with Crippen molar-refractivity contribution in [3.05, 3.63) is 71.8 Å². The molecule has 5 heteroatoms. The summed E-state index contributed by atoms with van der Waals surface area (Å²) in [5, 5.41) is 26.1. The van der Waals surface area contributed by atoms with Gasteiger partial charge in [0.05, 0.1) is 0 Å². The third-order valence-corrected chi connectivity index (χ3v) is 7.89. The van der Waals surface area contributed by atoms with Crippen molar-refractivity contribution in [2.45, 2.75) is 88.9 Å². The van der Waals surface area contributed by atoms with E-state index in [-0.39, 0.29) is 24.0 Å². The molecular formula is C31H48N2O2S. The SMILES string of the molecule is CC(CCCO)(CCCCNC(=S)NCCCCC(C)(CCCO)c1ccccc1)c1ccccc1. The Morgan fingerprint density at radius 3 is 1.33 bits per heavy atom. The van der Waals surface area contributed by atoms with Crippen LogP contribution in [0.5, 0.6) is 0 Å². The van der Waals surface area contributed by atoms with Gasteiger partial charge in [-0.3, -0.25) is 0 Å². The van der Waals surface area contributed by atoms with Gasteiger partial charge in [-0.25, -0.2) is 0 Å². The molecule has 2 aromatic carbocycles. The molecule has 2 unspecified atom stereocenters. The van der Waals surface area contributed by atoms with Crippen LogP contribution in [0.4, 0.5) is 0 Å². The molecule has 36 heavy (non-hydrogen) atoms. The monoisotopic (exact) mass is 512 g/mol. The quantitative estimate of drug-likeness (QED) is 0.140. The molecule has 200 valence electrons. The molecule has 4 nitrogen and oxygen atoms in total. The van der Waals surface area contributed by atoms with Gasteiger partial charge in [-0.1, -0.05) is 87.4 Å². The summed E-state index contributed by atoms with van der Waals surface area (Å²) in [5.74, 6) is 0. The second kappa shape index (κ2) is 16.7. The lowest BCUT2D eigenvalue weighted by molar-refractivity contribution is 0.258. The van der Waals surface area contributed by atoms with Gasteiger partial charge in [0.1, 0.15) is 0 Å². The van der Waals surface area contributed by atoms with E-state index in [9.17, 15) is 10.2 Å². The molecule has 0 saturated carbocycles. The summed E-state index contributed by atoms with van der Waals surface area (Å²) in [6.07, 6.45) is 10.3. The number of unbranched alkanes of at least 4 members (excludes halogenated alkanes) is 2. The van der Waals surface area contributed by atoms with E-state index in [1.807, 2.05) is 0 Å². The molecule has 0 amide bonds. The van der Waals surface area contributed by atoms with E-state index in [1.54, 1.807) is 0 Å². The molecule has 0 aliphatic carbocycles. The predicted octanol–water partition coefficient (Wildman–Crippen LogP) is 6.25. The Labute approximate surface area is 224 Å². The van der Waals surface area contributed by atoms with E-state index in [4.69, 9.17) is 12.2 Å². The van der Waals surface area contributed by atoms with E-state index in [0.717, 1.165) is 82.4 Å². The molecule has 0 saturated heterocycles. The number of aliphatic hydroxyl groups excluding tert-OH is 2. The smallest absolute Gasteiger partial charge is 0.166 e.